The van der Waals surface area contributed by atoms with E-state index in [1.807, 2.05) is 18.2 Å². The Morgan fingerprint density at radius 1 is 0.921 bits per heavy atom. The van der Waals surface area contributed by atoms with E-state index < -0.39 is 17.2 Å². The van der Waals surface area contributed by atoms with Gasteiger partial charge in [0, 0.05) is 37.8 Å². The molecule has 38 heavy (non-hydrogen) atoms. The van der Waals surface area contributed by atoms with Crippen LogP contribution in [0.25, 0.3) is 10.9 Å². The molecular formula is C29H28N4O5. The quantitative estimate of drug-likeness (QED) is 0.410. The molecule has 9 heteroatoms. The predicted molar refractivity (Wildman–Crippen MR) is 144 cm³/mol. The molecule has 0 unspecified atom stereocenters. The van der Waals surface area contributed by atoms with E-state index in [-0.39, 0.29) is 25.4 Å². The van der Waals surface area contributed by atoms with Gasteiger partial charge < -0.3 is 15.0 Å². The number of carbonyl (C=O) groups is 2. The number of ether oxygens (including phenoxy) is 1. The average molecular weight is 513 g/mol. The van der Waals surface area contributed by atoms with Gasteiger partial charge in [0.05, 0.1) is 18.0 Å². The lowest BCUT2D eigenvalue weighted by atomic mass is 10.00. The van der Waals surface area contributed by atoms with Crippen molar-refractivity contribution >= 4 is 28.4 Å². The predicted octanol–water partition coefficient (Wildman–Crippen LogP) is 2.79. The Kier molecular flexibility index (Phi) is 7.08. The van der Waals surface area contributed by atoms with Crippen LogP contribution in [0.1, 0.15) is 17.5 Å². The molecular weight excluding hydrogens is 484 g/mol. The monoisotopic (exact) mass is 512 g/mol. The first kappa shape index (κ1) is 25.0. The molecule has 5 rings (SSSR count). The Morgan fingerprint density at radius 2 is 1.68 bits per heavy atom. The summed E-state index contributed by atoms with van der Waals surface area (Å²) in [6.07, 6.45) is 0.776. The first-order valence-electron chi connectivity index (χ1n) is 12.5. The number of fused-ring (bicyclic) bond motifs is 2. The fourth-order valence-corrected chi connectivity index (χ4v) is 4.84. The second-order valence-electron chi connectivity index (χ2n) is 9.21. The van der Waals surface area contributed by atoms with E-state index in [2.05, 4.69) is 11.4 Å². The minimum absolute atomic E-state index is 0.00562. The van der Waals surface area contributed by atoms with E-state index in [1.54, 1.807) is 53.4 Å². The Bertz CT molecular complexity index is 1640. The third-order valence-electron chi connectivity index (χ3n) is 6.82. The van der Waals surface area contributed by atoms with Crippen molar-refractivity contribution in [2.75, 3.05) is 19.0 Å². The van der Waals surface area contributed by atoms with Gasteiger partial charge in [-0.15, -0.1) is 0 Å². The lowest BCUT2D eigenvalue weighted by Crippen LogP contribution is -2.43. The molecule has 1 aromatic heterocycles. The first-order valence-corrected chi connectivity index (χ1v) is 12.5. The molecule has 194 valence electrons. The largest absolute Gasteiger partial charge is 0.497 e. The average Bonchev–Trinajstić information content (AvgIpc) is 2.95. The highest BCUT2D eigenvalue weighted by Crippen LogP contribution is 2.19. The Morgan fingerprint density at radius 3 is 2.50 bits per heavy atom. The summed E-state index contributed by atoms with van der Waals surface area (Å²) in [4.78, 5) is 54.3. The molecule has 1 N–H and O–H groups in total. The van der Waals surface area contributed by atoms with E-state index in [9.17, 15) is 19.2 Å². The fourth-order valence-electron chi connectivity index (χ4n) is 4.84. The van der Waals surface area contributed by atoms with E-state index in [0.29, 0.717) is 35.4 Å². The Balaban J connectivity index is 1.38. The van der Waals surface area contributed by atoms with Gasteiger partial charge in [-0.3, -0.25) is 23.5 Å². The molecule has 2 heterocycles. The van der Waals surface area contributed by atoms with Crippen LogP contribution in [0.5, 0.6) is 5.75 Å². The van der Waals surface area contributed by atoms with Gasteiger partial charge in [0.2, 0.25) is 11.8 Å². The van der Waals surface area contributed by atoms with E-state index in [4.69, 9.17) is 4.74 Å². The van der Waals surface area contributed by atoms with E-state index in [0.717, 1.165) is 16.6 Å². The fraction of sp³-hybridized carbons (Fsp3) is 0.241. The summed E-state index contributed by atoms with van der Waals surface area (Å²) in [6.45, 7) is 0.734. The van der Waals surface area contributed by atoms with Gasteiger partial charge in [-0.2, -0.15) is 0 Å². The van der Waals surface area contributed by atoms with Crippen LogP contribution in [0.15, 0.2) is 82.4 Å². The molecule has 0 saturated carbocycles. The van der Waals surface area contributed by atoms with Crippen LogP contribution in [0, 0.1) is 0 Å². The zero-order valence-corrected chi connectivity index (χ0v) is 21.1. The number of nitrogens with zero attached hydrogens (tertiary/aromatic N) is 3. The van der Waals surface area contributed by atoms with Crippen LogP contribution in [0.3, 0.4) is 0 Å². The number of benzene rings is 3. The summed E-state index contributed by atoms with van der Waals surface area (Å²) in [6, 6.07) is 21.6. The molecule has 9 nitrogen and oxygen atoms in total. The Hall–Kier alpha value is -4.66. The zero-order valence-electron chi connectivity index (χ0n) is 21.1. The van der Waals surface area contributed by atoms with E-state index in [1.165, 1.54) is 17.2 Å². The zero-order chi connectivity index (χ0) is 26.6. The number of amides is 2. The maximum atomic E-state index is 13.4. The minimum Gasteiger partial charge on any atom is -0.497 e. The molecule has 2 amide bonds. The van der Waals surface area contributed by atoms with Crippen LogP contribution < -0.4 is 21.3 Å². The second-order valence-corrected chi connectivity index (χ2v) is 9.21. The molecule has 0 aliphatic carbocycles. The Labute approximate surface area is 218 Å². The number of nitrogens with one attached hydrogen (secondary N) is 1. The lowest BCUT2D eigenvalue weighted by molar-refractivity contribution is -0.132. The molecule has 0 radical (unpaired) electrons. The lowest BCUT2D eigenvalue weighted by Gasteiger charge is -2.29. The number of rotatable bonds is 7. The van der Waals surface area contributed by atoms with Crippen LogP contribution in [0.4, 0.5) is 5.69 Å². The number of anilines is 1. The van der Waals surface area contributed by atoms with Gasteiger partial charge in [0.25, 0.3) is 5.56 Å². The molecule has 0 fully saturated rings. The van der Waals surface area contributed by atoms with Crippen molar-refractivity contribution in [2.45, 2.75) is 32.5 Å². The van der Waals surface area contributed by atoms with Crippen molar-refractivity contribution in [1.82, 2.24) is 14.0 Å². The summed E-state index contributed by atoms with van der Waals surface area (Å²) in [5.41, 5.74) is 2.11. The number of hydrogen-bond donors (Lipinski definition) is 1. The summed E-state index contributed by atoms with van der Waals surface area (Å²) in [5.74, 6) is 0.0286. The van der Waals surface area contributed by atoms with Crippen LogP contribution in [-0.2, 0) is 35.6 Å². The molecule has 1 aliphatic rings. The van der Waals surface area contributed by atoms with Gasteiger partial charge >= 0.3 is 5.69 Å². The molecule has 1 aliphatic heterocycles. The number of aromatic nitrogens is 2. The molecule has 4 aromatic rings. The van der Waals surface area contributed by atoms with Crippen molar-refractivity contribution < 1.29 is 14.3 Å². The normalized spacial score (nSPS) is 12.7. The highest BCUT2D eigenvalue weighted by atomic mass is 16.5. The third-order valence-corrected chi connectivity index (χ3v) is 6.82. The topological polar surface area (TPSA) is 103 Å². The summed E-state index contributed by atoms with van der Waals surface area (Å²) in [7, 11) is 1.53. The number of methoxy groups -OCH3 is 1. The highest BCUT2D eigenvalue weighted by Gasteiger charge is 2.22. The maximum absolute atomic E-state index is 13.4. The van der Waals surface area contributed by atoms with Crippen molar-refractivity contribution in [3.63, 3.8) is 0 Å². The number of hydrogen-bond acceptors (Lipinski definition) is 5. The molecule has 0 atom stereocenters. The standard InChI is InChI=1S/C29H28N4O5/c1-38-23-10-6-9-22(17-23)30-26(34)19-33-25-12-5-4-11-24(25)28(36)32(29(33)37)16-14-27(35)31-15-13-20-7-2-3-8-21(20)18-31/h2-12,17H,13-16,18-19H2,1H3,(H,30,34). The summed E-state index contributed by atoms with van der Waals surface area (Å²) >= 11 is 0. The van der Waals surface area contributed by atoms with Crippen LogP contribution in [0.2, 0.25) is 0 Å². The first-order chi connectivity index (χ1) is 18.4. The summed E-state index contributed by atoms with van der Waals surface area (Å²) < 4.78 is 7.52. The van der Waals surface area contributed by atoms with Gasteiger partial charge in [-0.1, -0.05) is 42.5 Å². The van der Waals surface area contributed by atoms with Gasteiger partial charge in [-0.05, 0) is 41.8 Å². The highest BCUT2D eigenvalue weighted by molar-refractivity contribution is 5.91. The molecule has 0 saturated heterocycles. The van der Waals surface area contributed by atoms with Crippen LogP contribution in [-0.4, -0.2) is 39.5 Å². The second kappa shape index (κ2) is 10.8. The van der Waals surface area contributed by atoms with E-state index >= 15 is 0 Å². The van der Waals surface area contributed by atoms with Crippen molar-refractivity contribution in [1.29, 1.82) is 0 Å². The third kappa shape index (κ3) is 5.08. The minimum atomic E-state index is -0.633. The van der Waals surface area contributed by atoms with Crippen LogP contribution >= 0.6 is 0 Å². The molecule has 0 spiro atoms. The number of carbonyl (C=O) groups excluding carboxylic acids is 2. The summed E-state index contributed by atoms with van der Waals surface area (Å²) in [5, 5.41) is 3.07. The molecule has 0 bridgehead atoms. The molecule has 3 aromatic carbocycles. The van der Waals surface area contributed by atoms with Gasteiger partial charge in [0.15, 0.2) is 0 Å². The maximum Gasteiger partial charge on any atom is 0.331 e. The SMILES string of the molecule is COc1cccc(NC(=O)Cn2c(=O)n(CCC(=O)N3CCc4ccccc4C3)c(=O)c3ccccc32)c1. The van der Waals surface area contributed by atoms with Crippen molar-refractivity contribution in [3.8, 4) is 5.75 Å². The van der Waals surface area contributed by atoms with Gasteiger partial charge in [0.1, 0.15) is 12.3 Å². The smallest absolute Gasteiger partial charge is 0.331 e. The van der Waals surface area contributed by atoms with Crippen molar-refractivity contribution in [3.05, 3.63) is 105 Å². The van der Waals surface area contributed by atoms with Gasteiger partial charge in [-0.25, -0.2) is 4.79 Å². The number of para-hydroxylation sites is 1. The van der Waals surface area contributed by atoms with Crippen molar-refractivity contribution in [2.24, 2.45) is 0 Å².